The van der Waals surface area contributed by atoms with E-state index in [-0.39, 0.29) is 64.2 Å². The molecule has 21 heavy (non-hydrogen) atoms. The third kappa shape index (κ3) is 11.6. The Balaban J connectivity index is 0. The van der Waals surface area contributed by atoms with Crippen molar-refractivity contribution < 1.29 is 69.5 Å². The van der Waals surface area contributed by atoms with Gasteiger partial charge in [-0.15, -0.1) is 0 Å². The summed E-state index contributed by atoms with van der Waals surface area (Å²) in [5, 5.41) is 9.78. The van der Waals surface area contributed by atoms with Crippen molar-refractivity contribution in [1.82, 2.24) is 0 Å². The summed E-state index contributed by atoms with van der Waals surface area (Å²) in [5.41, 5.74) is 0. The average Bonchev–Trinajstić information content (AvgIpc) is 2.39. The zero-order chi connectivity index (χ0) is 15.5. The zero-order valence-corrected chi connectivity index (χ0v) is 18.0. The van der Waals surface area contributed by atoms with Gasteiger partial charge in [-0.25, -0.2) is 8.42 Å². The van der Waals surface area contributed by atoms with Crippen molar-refractivity contribution in [2.75, 3.05) is 0 Å². The molecule has 6 heteroatoms. The van der Waals surface area contributed by atoms with E-state index < -0.39 is 15.1 Å². The van der Waals surface area contributed by atoms with Gasteiger partial charge in [-0.3, -0.25) is 0 Å². The molecule has 0 heterocycles. The molecule has 0 saturated carbocycles. The summed E-state index contributed by atoms with van der Waals surface area (Å²) in [6, 6.07) is 0. The third-order valence-corrected chi connectivity index (χ3v) is 5.36. The van der Waals surface area contributed by atoms with Gasteiger partial charge in [-0.2, -0.15) is 0 Å². The molecule has 0 saturated heterocycles. The van der Waals surface area contributed by atoms with Gasteiger partial charge in [0.2, 0.25) is 0 Å². The maximum absolute atomic E-state index is 11.0. The van der Waals surface area contributed by atoms with Crippen LogP contribution in [0.1, 0.15) is 90.9 Å². The molecule has 0 aromatic heterocycles. The van der Waals surface area contributed by atoms with Crippen LogP contribution >= 0.6 is 0 Å². The van der Waals surface area contributed by atoms with E-state index in [0.29, 0.717) is 6.42 Å². The normalized spacial score (nSPS) is 14.5. The second kappa shape index (κ2) is 13.9. The van der Waals surface area contributed by atoms with E-state index in [9.17, 15) is 18.1 Å². The second-order valence-corrected chi connectivity index (χ2v) is 7.35. The van der Waals surface area contributed by atoms with Crippen LogP contribution in [0.5, 0.6) is 0 Å². The standard InChI is InChI=1S/C15H32O4S.K/c1-3-5-6-7-8-9-10-11-12-13-14-15(16,4-2)20(17,18)19;/h16H,3-14H2,1-2H3,(H,17,18,19);/q;+1/p-1. The Bertz CT molecular complexity index is 333. The van der Waals surface area contributed by atoms with Crippen LogP contribution < -0.4 is 51.4 Å². The van der Waals surface area contributed by atoms with Crippen LogP contribution in [0.25, 0.3) is 0 Å². The third-order valence-electron chi connectivity index (χ3n) is 3.94. The minimum Gasteiger partial charge on any atom is -0.746 e. The molecule has 0 aliphatic carbocycles. The number of aliphatic hydroxyl groups is 1. The van der Waals surface area contributed by atoms with E-state index >= 15 is 0 Å². The van der Waals surface area contributed by atoms with Crippen molar-refractivity contribution in [3.8, 4) is 0 Å². The monoisotopic (exact) mass is 346 g/mol. The van der Waals surface area contributed by atoms with Gasteiger partial charge in [-0.1, -0.05) is 71.6 Å². The topological polar surface area (TPSA) is 77.4 Å². The van der Waals surface area contributed by atoms with Gasteiger partial charge in [0.05, 0.1) is 0 Å². The first kappa shape index (κ1) is 24.8. The molecule has 0 aliphatic rings. The fourth-order valence-electron chi connectivity index (χ4n) is 2.37. The van der Waals surface area contributed by atoms with Crippen molar-refractivity contribution in [2.45, 2.75) is 95.8 Å². The largest absolute Gasteiger partial charge is 1.00 e. The van der Waals surface area contributed by atoms with Crippen molar-refractivity contribution in [2.24, 2.45) is 0 Å². The van der Waals surface area contributed by atoms with Crippen LogP contribution in [0.3, 0.4) is 0 Å². The number of unbranched alkanes of at least 4 members (excludes halogenated alkanes) is 9. The molecule has 0 radical (unpaired) electrons. The summed E-state index contributed by atoms with van der Waals surface area (Å²) in [5.74, 6) is 0. The van der Waals surface area contributed by atoms with Crippen LogP contribution in [-0.2, 0) is 10.1 Å². The van der Waals surface area contributed by atoms with E-state index in [1.165, 1.54) is 45.4 Å². The molecule has 1 N–H and O–H groups in total. The number of hydrogen-bond donors (Lipinski definition) is 1. The summed E-state index contributed by atoms with van der Waals surface area (Å²) in [7, 11) is -4.62. The summed E-state index contributed by atoms with van der Waals surface area (Å²) in [6.07, 6.45) is 11.4. The number of hydrogen-bond acceptors (Lipinski definition) is 4. The molecule has 0 fully saturated rings. The molecular weight excluding hydrogens is 315 g/mol. The molecule has 122 valence electrons. The van der Waals surface area contributed by atoms with E-state index in [4.69, 9.17) is 0 Å². The summed E-state index contributed by atoms with van der Waals surface area (Å²) in [6.45, 7) is 3.74. The Labute approximate surface area is 173 Å². The Hall–Kier alpha value is 1.51. The molecule has 1 unspecified atom stereocenters. The molecule has 0 amide bonds. The molecule has 4 nitrogen and oxygen atoms in total. The predicted octanol–water partition coefficient (Wildman–Crippen LogP) is 0.945. The SMILES string of the molecule is CCCCCCCCCCCCC(O)(CC)S(=O)(=O)[O-].[K+]. The predicted molar refractivity (Wildman–Crippen MR) is 81.4 cm³/mol. The quantitative estimate of drug-likeness (QED) is 0.306. The zero-order valence-electron chi connectivity index (χ0n) is 14.1. The molecule has 0 rings (SSSR count). The van der Waals surface area contributed by atoms with Crippen molar-refractivity contribution in [1.29, 1.82) is 0 Å². The van der Waals surface area contributed by atoms with Crippen LogP contribution in [0.4, 0.5) is 0 Å². The van der Waals surface area contributed by atoms with Crippen LogP contribution in [0.15, 0.2) is 0 Å². The van der Waals surface area contributed by atoms with E-state index in [0.717, 1.165) is 19.3 Å². The Morgan fingerprint density at radius 2 is 1.24 bits per heavy atom. The van der Waals surface area contributed by atoms with Gasteiger partial charge in [0.15, 0.2) is 4.93 Å². The smallest absolute Gasteiger partial charge is 0.746 e. The van der Waals surface area contributed by atoms with Crippen LogP contribution in [-0.4, -0.2) is 23.0 Å². The molecule has 1 atom stereocenters. The summed E-state index contributed by atoms with van der Waals surface area (Å²) < 4.78 is 32.9. The Morgan fingerprint density at radius 1 is 0.857 bits per heavy atom. The fourth-order valence-corrected chi connectivity index (χ4v) is 3.12. The summed E-state index contributed by atoms with van der Waals surface area (Å²) in [4.78, 5) is -2.06. The van der Waals surface area contributed by atoms with Gasteiger partial charge in [0.25, 0.3) is 0 Å². The van der Waals surface area contributed by atoms with E-state index in [1.54, 1.807) is 0 Å². The van der Waals surface area contributed by atoms with Gasteiger partial charge < -0.3 is 9.66 Å². The van der Waals surface area contributed by atoms with E-state index in [1.807, 2.05) is 0 Å². The van der Waals surface area contributed by atoms with E-state index in [2.05, 4.69) is 6.92 Å². The molecule has 0 aliphatic heterocycles. The molecular formula is C15H31KO4S. The fraction of sp³-hybridized carbons (Fsp3) is 1.00. The van der Waals surface area contributed by atoms with Gasteiger partial charge >= 0.3 is 51.4 Å². The molecule has 0 aromatic rings. The minimum atomic E-state index is -4.62. The van der Waals surface area contributed by atoms with Gasteiger partial charge in [0, 0.05) is 0 Å². The number of rotatable bonds is 13. The first-order valence-electron chi connectivity index (χ1n) is 8.05. The Morgan fingerprint density at radius 3 is 1.57 bits per heavy atom. The van der Waals surface area contributed by atoms with Gasteiger partial charge in [-0.05, 0) is 19.3 Å². The second-order valence-electron chi connectivity index (χ2n) is 5.69. The Kier molecular flexibility index (Phi) is 16.4. The van der Waals surface area contributed by atoms with Gasteiger partial charge in [0.1, 0.15) is 10.1 Å². The minimum absolute atomic E-state index is 0. The molecule has 0 aromatic carbocycles. The van der Waals surface area contributed by atoms with Crippen LogP contribution in [0.2, 0.25) is 0 Å². The van der Waals surface area contributed by atoms with Crippen LogP contribution in [0, 0.1) is 0 Å². The van der Waals surface area contributed by atoms with Crippen molar-refractivity contribution in [3.05, 3.63) is 0 Å². The maximum atomic E-state index is 11.0. The maximum Gasteiger partial charge on any atom is 1.00 e. The van der Waals surface area contributed by atoms with Crippen molar-refractivity contribution >= 4 is 10.1 Å². The molecule has 0 spiro atoms. The molecule has 0 bridgehead atoms. The summed E-state index contributed by atoms with van der Waals surface area (Å²) >= 11 is 0. The average molecular weight is 347 g/mol. The first-order chi connectivity index (χ1) is 9.37. The first-order valence-corrected chi connectivity index (χ1v) is 9.46. The van der Waals surface area contributed by atoms with Crippen molar-refractivity contribution in [3.63, 3.8) is 0 Å².